The van der Waals surface area contributed by atoms with Gasteiger partial charge in [-0.15, -0.1) is 0 Å². The van der Waals surface area contributed by atoms with Gasteiger partial charge in [0.25, 0.3) is 5.91 Å². The number of benzene rings is 1. The number of amides is 1. The molecule has 0 atom stereocenters. The Morgan fingerprint density at radius 2 is 2.10 bits per heavy atom. The number of rotatable bonds is 5. The summed E-state index contributed by atoms with van der Waals surface area (Å²) in [5.74, 6) is -0.0825. The Hall–Kier alpha value is -1.75. The first-order valence-electron chi connectivity index (χ1n) is 7.74. The van der Waals surface area contributed by atoms with Crippen molar-refractivity contribution in [2.24, 2.45) is 0 Å². The first-order valence-corrected chi connectivity index (χ1v) is 7.74. The minimum Gasteiger partial charge on any atom is -0.399 e. The molecule has 1 saturated heterocycles. The largest absolute Gasteiger partial charge is 0.399 e. The first-order chi connectivity index (χ1) is 10.1. The fourth-order valence-electron chi connectivity index (χ4n) is 2.85. The number of piperidine rings is 1. The highest BCUT2D eigenvalue weighted by Crippen LogP contribution is 2.23. The second-order valence-corrected chi connectivity index (χ2v) is 5.64. The van der Waals surface area contributed by atoms with Gasteiger partial charge in [0, 0.05) is 37.6 Å². The minimum absolute atomic E-state index is 0.0825. The molecule has 0 aliphatic carbocycles. The van der Waals surface area contributed by atoms with E-state index in [0.717, 1.165) is 31.6 Å². The van der Waals surface area contributed by atoms with E-state index in [4.69, 9.17) is 5.73 Å². The predicted molar refractivity (Wildman–Crippen MR) is 87.6 cm³/mol. The van der Waals surface area contributed by atoms with Gasteiger partial charge in [-0.2, -0.15) is 0 Å². The van der Waals surface area contributed by atoms with Crippen molar-refractivity contribution >= 4 is 17.3 Å². The van der Waals surface area contributed by atoms with Gasteiger partial charge in [-0.05, 0) is 44.0 Å². The average Bonchev–Trinajstić information content (AvgIpc) is 2.49. The number of nitrogens with two attached hydrogens (primary N) is 1. The Morgan fingerprint density at radius 3 is 2.71 bits per heavy atom. The van der Waals surface area contributed by atoms with E-state index >= 15 is 0 Å². The van der Waals surface area contributed by atoms with E-state index in [1.807, 2.05) is 6.07 Å². The van der Waals surface area contributed by atoms with Crippen molar-refractivity contribution in [1.29, 1.82) is 0 Å². The van der Waals surface area contributed by atoms with Gasteiger partial charge in [0.15, 0.2) is 0 Å². The third-order valence-corrected chi connectivity index (χ3v) is 4.00. The predicted octanol–water partition coefficient (Wildman–Crippen LogP) is 1.91. The lowest BCUT2D eigenvalue weighted by Crippen LogP contribution is -2.39. The highest BCUT2D eigenvalue weighted by Gasteiger charge is 2.20. The summed E-state index contributed by atoms with van der Waals surface area (Å²) in [6.45, 7) is 5.62. The van der Waals surface area contributed by atoms with Crippen LogP contribution in [0.15, 0.2) is 18.2 Å². The molecule has 0 saturated carbocycles. The third-order valence-electron chi connectivity index (χ3n) is 4.00. The van der Waals surface area contributed by atoms with Crippen LogP contribution in [0.25, 0.3) is 0 Å². The average molecular weight is 290 g/mol. The maximum Gasteiger partial charge on any atom is 0.253 e. The zero-order valence-electron chi connectivity index (χ0n) is 13.0. The van der Waals surface area contributed by atoms with Gasteiger partial charge in [0.2, 0.25) is 0 Å². The van der Waals surface area contributed by atoms with Crippen LogP contribution in [0.4, 0.5) is 11.4 Å². The number of nitrogen functional groups attached to an aromatic ring is 1. The molecule has 0 spiro atoms. The molecule has 4 N–H and O–H groups in total. The van der Waals surface area contributed by atoms with Gasteiger partial charge in [-0.25, -0.2) is 0 Å². The fourth-order valence-corrected chi connectivity index (χ4v) is 2.85. The van der Waals surface area contributed by atoms with Crippen LogP contribution in [0.2, 0.25) is 0 Å². The molecule has 1 aromatic rings. The number of nitrogens with zero attached hydrogens (tertiary/aromatic N) is 1. The fraction of sp³-hybridized carbons (Fsp3) is 0.562. The molecule has 116 valence electrons. The monoisotopic (exact) mass is 290 g/mol. The molecule has 1 fully saturated rings. The van der Waals surface area contributed by atoms with Crippen molar-refractivity contribution in [3.8, 4) is 0 Å². The first kappa shape index (κ1) is 15.6. The van der Waals surface area contributed by atoms with Crippen molar-refractivity contribution in [3.05, 3.63) is 23.8 Å². The van der Waals surface area contributed by atoms with Crippen molar-refractivity contribution in [1.82, 2.24) is 10.2 Å². The summed E-state index contributed by atoms with van der Waals surface area (Å²) < 4.78 is 0. The molecule has 0 unspecified atom stereocenters. The van der Waals surface area contributed by atoms with Crippen molar-refractivity contribution in [2.75, 3.05) is 37.7 Å². The van der Waals surface area contributed by atoms with E-state index in [1.54, 1.807) is 19.2 Å². The van der Waals surface area contributed by atoms with Gasteiger partial charge in [-0.3, -0.25) is 4.79 Å². The SMILES string of the molecule is CCCN1CCC(Nc2cc(N)ccc2C(=O)NC)CC1. The molecule has 2 rings (SSSR count). The second-order valence-electron chi connectivity index (χ2n) is 5.64. The van der Waals surface area contributed by atoms with E-state index in [2.05, 4.69) is 22.5 Å². The van der Waals surface area contributed by atoms with Gasteiger partial charge in [-0.1, -0.05) is 6.92 Å². The molecule has 0 radical (unpaired) electrons. The summed E-state index contributed by atoms with van der Waals surface area (Å²) in [4.78, 5) is 14.4. The number of carbonyl (C=O) groups excluding carboxylic acids is 1. The Morgan fingerprint density at radius 1 is 1.38 bits per heavy atom. The smallest absolute Gasteiger partial charge is 0.253 e. The molecule has 1 heterocycles. The molecule has 1 aliphatic rings. The normalized spacial score (nSPS) is 16.7. The van der Waals surface area contributed by atoms with Crippen molar-refractivity contribution < 1.29 is 4.79 Å². The molecule has 1 aromatic carbocycles. The molecule has 1 amide bonds. The van der Waals surface area contributed by atoms with Crippen LogP contribution in [0.1, 0.15) is 36.5 Å². The van der Waals surface area contributed by atoms with E-state index in [9.17, 15) is 4.79 Å². The summed E-state index contributed by atoms with van der Waals surface area (Å²) in [7, 11) is 1.64. The quantitative estimate of drug-likeness (QED) is 0.725. The second kappa shape index (κ2) is 7.31. The lowest BCUT2D eigenvalue weighted by Gasteiger charge is -2.33. The molecular formula is C16H26N4O. The lowest BCUT2D eigenvalue weighted by atomic mass is 10.0. The molecule has 5 nitrogen and oxygen atoms in total. The number of anilines is 2. The Bertz CT molecular complexity index is 481. The van der Waals surface area contributed by atoms with Crippen LogP contribution in [-0.2, 0) is 0 Å². The highest BCUT2D eigenvalue weighted by molar-refractivity contribution is 6.00. The van der Waals surface area contributed by atoms with Crippen LogP contribution < -0.4 is 16.4 Å². The van der Waals surface area contributed by atoms with Crippen LogP contribution in [-0.4, -0.2) is 43.5 Å². The summed E-state index contributed by atoms with van der Waals surface area (Å²) >= 11 is 0. The Kier molecular flexibility index (Phi) is 5.44. The third kappa shape index (κ3) is 4.11. The summed E-state index contributed by atoms with van der Waals surface area (Å²) in [5, 5.41) is 6.17. The maximum atomic E-state index is 11.9. The van der Waals surface area contributed by atoms with E-state index < -0.39 is 0 Å². The van der Waals surface area contributed by atoms with Crippen LogP contribution in [0, 0.1) is 0 Å². The van der Waals surface area contributed by atoms with Gasteiger partial charge in [0.1, 0.15) is 0 Å². The van der Waals surface area contributed by atoms with Crippen LogP contribution in [0.3, 0.4) is 0 Å². The van der Waals surface area contributed by atoms with E-state index in [1.165, 1.54) is 13.0 Å². The van der Waals surface area contributed by atoms with Crippen molar-refractivity contribution in [2.45, 2.75) is 32.2 Å². The molecular weight excluding hydrogens is 264 g/mol. The number of nitrogens with one attached hydrogen (secondary N) is 2. The standard InChI is InChI=1S/C16H26N4O/c1-3-8-20-9-6-13(7-10-20)19-15-11-12(17)4-5-14(15)16(21)18-2/h4-5,11,13,19H,3,6-10,17H2,1-2H3,(H,18,21). The summed E-state index contributed by atoms with van der Waals surface area (Å²) in [5.41, 5.74) is 8.02. The van der Waals surface area contributed by atoms with Gasteiger partial charge in [0.05, 0.1) is 5.56 Å². The van der Waals surface area contributed by atoms with Gasteiger partial charge >= 0.3 is 0 Å². The highest BCUT2D eigenvalue weighted by atomic mass is 16.1. The Balaban J connectivity index is 2.03. The lowest BCUT2D eigenvalue weighted by molar-refractivity contribution is 0.0964. The number of hydrogen-bond donors (Lipinski definition) is 3. The molecule has 1 aliphatic heterocycles. The maximum absolute atomic E-state index is 11.9. The molecule has 0 aromatic heterocycles. The van der Waals surface area contributed by atoms with E-state index in [0.29, 0.717) is 17.3 Å². The summed E-state index contributed by atoms with van der Waals surface area (Å²) in [6.07, 6.45) is 3.40. The molecule has 5 heteroatoms. The summed E-state index contributed by atoms with van der Waals surface area (Å²) in [6, 6.07) is 5.80. The molecule has 21 heavy (non-hydrogen) atoms. The number of hydrogen-bond acceptors (Lipinski definition) is 4. The van der Waals surface area contributed by atoms with Gasteiger partial charge < -0.3 is 21.3 Å². The van der Waals surface area contributed by atoms with Crippen LogP contribution >= 0.6 is 0 Å². The number of carbonyl (C=O) groups is 1. The van der Waals surface area contributed by atoms with E-state index in [-0.39, 0.29) is 5.91 Å². The minimum atomic E-state index is -0.0825. The Labute approximate surface area is 126 Å². The van der Waals surface area contributed by atoms with Crippen LogP contribution in [0.5, 0.6) is 0 Å². The topological polar surface area (TPSA) is 70.4 Å². The zero-order chi connectivity index (χ0) is 15.2. The zero-order valence-corrected chi connectivity index (χ0v) is 13.0. The number of likely N-dealkylation sites (tertiary alicyclic amines) is 1. The molecule has 0 bridgehead atoms. The van der Waals surface area contributed by atoms with Crippen molar-refractivity contribution in [3.63, 3.8) is 0 Å².